The summed E-state index contributed by atoms with van der Waals surface area (Å²) in [7, 11) is 0. The van der Waals surface area contributed by atoms with Crippen LogP contribution in [-0.4, -0.2) is 50.2 Å². The van der Waals surface area contributed by atoms with Gasteiger partial charge in [-0.05, 0) is 25.5 Å². The van der Waals surface area contributed by atoms with Crippen LogP contribution in [0.4, 0.5) is 0 Å². The van der Waals surface area contributed by atoms with E-state index >= 15 is 0 Å². The Bertz CT molecular complexity index is 473. The number of carbonyl (C=O) groups is 1. The summed E-state index contributed by atoms with van der Waals surface area (Å²) in [5.41, 5.74) is 7.95. The first-order valence-electron chi connectivity index (χ1n) is 8.06. The summed E-state index contributed by atoms with van der Waals surface area (Å²) in [5.74, 6) is 0.0800. The van der Waals surface area contributed by atoms with E-state index in [9.17, 15) is 4.79 Å². The van der Waals surface area contributed by atoms with Gasteiger partial charge in [0.15, 0.2) is 0 Å². The molecule has 1 amide bonds. The van der Waals surface area contributed by atoms with Crippen LogP contribution in [0.15, 0.2) is 24.3 Å². The summed E-state index contributed by atoms with van der Waals surface area (Å²) in [5, 5.41) is 3.06. The van der Waals surface area contributed by atoms with Crippen molar-refractivity contribution in [3.8, 4) is 0 Å². The molecule has 1 fully saturated rings. The van der Waals surface area contributed by atoms with Crippen LogP contribution in [0.5, 0.6) is 0 Å². The lowest BCUT2D eigenvalue weighted by atomic mass is 10.0. The molecule has 1 heterocycles. The molecule has 0 aliphatic carbocycles. The second kappa shape index (κ2) is 8.88. The SMILES string of the molecule is Cc1cccc(C(CNC(=O)CCCN)N2CCOCC2)c1. The van der Waals surface area contributed by atoms with Crippen LogP contribution in [-0.2, 0) is 9.53 Å². The number of nitrogens with one attached hydrogen (secondary N) is 1. The maximum absolute atomic E-state index is 11.9. The molecular formula is C17H27N3O2. The summed E-state index contributed by atoms with van der Waals surface area (Å²) in [4.78, 5) is 14.3. The zero-order valence-electron chi connectivity index (χ0n) is 13.4. The number of aryl methyl sites for hydroxylation is 1. The van der Waals surface area contributed by atoms with Crippen LogP contribution in [0.2, 0.25) is 0 Å². The number of carbonyl (C=O) groups excluding carboxylic acids is 1. The van der Waals surface area contributed by atoms with E-state index < -0.39 is 0 Å². The molecule has 5 heteroatoms. The van der Waals surface area contributed by atoms with Gasteiger partial charge >= 0.3 is 0 Å². The smallest absolute Gasteiger partial charge is 0.220 e. The molecule has 0 spiro atoms. The van der Waals surface area contributed by atoms with Crippen molar-refractivity contribution in [2.24, 2.45) is 5.73 Å². The van der Waals surface area contributed by atoms with E-state index in [0.717, 1.165) is 32.7 Å². The number of rotatable bonds is 7. The molecule has 22 heavy (non-hydrogen) atoms. The quantitative estimate of drug-likeness (QED) is 0.795. The van der Waals surface area contributed by atoms with Gasteiger partial charge in [0.05, 0.1) is 19.3 Å². The molecule has 0 aromatic heterocycles. The fourth-order valence-corrected chi connectivity index (χ4v) is 2.79. The van der Waals surface area contributed by atoms with Crippen LogP contribution >= 0.6 is 0 Å². The van der Waals surface area contributed by atoms with E-state index in [4.69, 9.17) is 10.5 Å². The first kappa shape index (κ1) is 16.9. The molecule has 1 aliphatic heterocycles. The van der Waals surface area contributed by atoms with E-state index in [2.05, 4.69) is 41.4 Å². The van der Waals surface area contributed by atoms with Crippen LogP contribution < -0.4 is 11.1 Å². The molecule has 2 rings (SSSR count). The molecule has 0 saturated carbocycles. The number of hydrogen-bond donors (Lipinski definition) is 2. The van der Waals surface area contributed by atoms with Crippen LogP contribution in [0.25, 0.3) is 0 Å². The average Bonchev–Trinajstić information content (AvgIpc) is 2.54. The van der Waals surface area contributed by atoms with E-state index in [-0.39, 0.29) is 11.9 Å². The summed E-state index contributed by atoms with van der Waals surface area (Å²) in [6.45, 7) is 6.59. The molecule has 0 radical (unpaired) electrons. The number of morpholine rings is 1. The molecule has 1 aliphatic rings. The van der Waals surface area contributed by atoms with E-state index in [1.807, 2.05) is 0 Å². The molecule has 3 N–H and O–H groups in total. The fourth-order valence-electron chi connectivity index (χ4n) is 2.79. The summed E-state index contributed by atoms with van der Waals surface area (Å²) in [6.07, 6.45) is 1.23. The molecule has 1 aromatic rings. The minimum Gasteiger partial charge on any atom is -0.379 e. The van der Waals surface area contributed by atoms with Gasteiger partial charge in [-0.25, -0.2) is 0 Å². The van der Waals surface area contributed by atoms with Gasteiger partial charge in [-0.1, -0.05) is 29.8 Å². The zero-order chi connectivity index (χ0) is 15.8. The van der Waals surface area contributed by atoms with Gasteiger partial charge in [0.1, 0.15) is 0 Å². The first-order chi connectivity index (χ1) is 10.7. The van der Waals surface area contributed by atoms with E-state index in [1.165, 1.54) is 11.1 Å². The number of nitrogens with two attached hydrogens (primary N) is 1. The van der Waals surface area contributed by atoms with Crippen molar-refractivity contribution in [1.82, 2.24) is 10.2 Å². The van der Waals surface area contributed by atoms with Crippen LogP contribution in [0, 0.1) is 6.92 Å². The number of benzene rings is 1. The Kier molecular flexibility index (Phi) is 6.83. The Morgan fingerprint density at radius 2 is 2.18 bits per heavy atom. The Morgan fingerprint density at radius 3 is 2.86 bits per heavy atom. The lowest BCUT2D eigenvalue weighted by molar-refractivity contribution is -0.121. The standard InChI is InChI=1S/C17H27N3O2/c1-14-4-2-5-15(12-14)16(20-8-10-22-11-9-20)13-19-17(21)6-3-7-18/h2,4-5,12,16H,3,6-11,13,18H2,1H3,(H,19,21). The van der Waals surface area contributed by atoms with Crippen molar-refractivity contribution in [3.63, 3.8) is 0 Å². The Labute approximate surface area is 132 Å². The summed E-state index contributed by atoms with van der Waals surface area (Å²) in [6, 6.07) is 8.71. The van der Waals surface area contributed by atoms with Gasteiger partial charge in [-0.3, -0.25) is 9.69 Å². The Balaban J connectivity index is 2.03. The van der Waals surface area contributed by atoms with Crippen molar-refractivity contribution >= 4 is 5.91 Å². The second-order valence-corrected chi connectivity index (χ2v) is 5.77. The van der Waals surface area contributed by atoms with Crippen molar-refractivity contribution in [2.75, 3.05) is 39.4 Å². The minimum atomic E-state index is 0.0800. The highest BCUT2D eigenvalue weighted by Crippen LogP contribution is 2.22. The normalized spacial score (nSPS) is 17.2. The summed E-state index contributed by atoms with van der Waals surface area (Å²) < 4.78 is 5.45. The number of amides is 1. The number of hydrogen-bond acceptors (Lipinski definition) is 4. The number of nitrogens with zero attached hydrogens (tertiary/aromatic N) is 1. The van der Waals surface area contributed by atoms with Gasteiger partial charge < -0.3 is 15.8 Å². The van der Waals surface area contributed by atoms with E-state index in [0.29, 0.717) is 19.5 Å². The zero-order valence-corrected chi connectivity index (χ0v) is 13.4. The van der Waals surface area contributed by atoms with Crippen molar-refractivity contribution in [1.29, 1.82) is 0 Å². The topological polar surface area (TPSA) is 67.6 Å². The lowest BCUT2D eigenvalue weighted by Crippen LogP contribution is -2.43. The van der Waals surface area contributed by atoms with E-state index in [1.54, 1.807) is 0 Å². The predicted molar refractivity (Wildman–Crippen MR) is 87.6 cm³/mol. The second-order valence-electron chi connectivity index (χ2n) is 5.77. The van der Waals surface area contributed by atoms with Gasteiger partial charge in [0.25, 0.3) is 0 Å². The van der Waals surface area contributed by atoms with Crippen LogP contribution in [0.3, 0.4) is 0 Å². The third-order valence-corrected chi connectivity index (χ3v) is 4.01. The predicted octanol–water partition coefficient (Wildman–Crippen LogP) is 1.22. The molecule has 122 valence electrons. The highest BCUT2D eigenvalue weighted by molar-refractivity contribution is 5.75. The Morgan fingerprint density at radius 1 is 1.41 bits per heavy atom. The Hall–Kier alpha value is -1.43. The van der Waals surface area contributed by atoms with Crippen molar-refractivity contribution in [3.05, 3.63) is 35.4 Å². The number of ether oxygens (including phenoxy) is 1. The molecule has 1 aromatic carbocycles. The summed E-state index contributed by atoms with van der Waals surface area (Å²) >= 11 is 0. The lowest BCUT2D eigenvalue weighted by Gasteiger charge is -2.35. The molecule has 1 atom stereocenters. The van der Waals surface area contributed by atoms with Gasteiger partial charge in [-0.2, -0.15) is 0 Å². The third kappa shape index (κ3) is 5.09. The molecule has 0 bridgehead atoms. The van der Waals surface area contributed by atoms with Crippen LogP contribution in [0.1, 0.15) is 30.0 Å². The fraction of sp³-hybridized carbons (Fsp3) is 0.588. The van der Waals surface area contributed by atoms with Gasteiger partial charge in [-0.15, -0.1) is 0 Å². The van der Waals surface area contributed by atoms with Gasteiger partial charge in [0, 0.05) is 26.1 Å². The maximum atomic E-state index is 11.9. The molecule has 5 nitrogen and oxygen atoms in total. The highest BCUT2D eigenvalue weighted by atomic mass is 16.5. The first-order valence-corrected chi connectivity index (χ1v) is 8.06. The molecule has 1 unspecified atom stereocenters. The van der Waals surface area contributed by atoms with Crippen molar-refractivity contribution in [2.45, 2.75) is 25.8 Å². The minimum absolute atomic E-state index is 0.0800. The largest absolute Gasteiger partial charge is 0.379 e. The third-order valence-electron chi connectivity index (χ3n) is 4.01. The monoisotopic (exact) mass is 305 g/mol. The average molecular weight is 305 g/mol. The molecular weight excluding hydrogens is 278 g/mol. The van der Waals surface area contributed by atoms with Gasteiger partial charge in [0.2, 0.25) is 5.91 Å². The molecule has 1 saturated heterocycles. The van der Waals surface area contributed by atoms with Crippen molar-refractivity contribution < 1.29 is 9.53 Å². The maximum Gasteiger partial charge on any atom is 0.220 e. The highest BCUT2D eigenvalue weighted by Gasteiger charge is 2.23.